The van der Waals surface area contributed by atoms with Gasteiger partial charge in [0.2, 0.25) is 10.0 Å². The van der Waals surface area contributed by atoms with E-state index in [1.165, 1.54) is 0 Å². The Morgan fingerprint density at radius 3 is 2.62 bits per heavy atom. The molecule has 0 aromatic heterocycles. The van der Waals surface area contributed by atoms with Crippen LogP contribution in [-0.2, 0) is 21.3 Å². The molecule has 8 nitrogen and oxygen atoms in total. The molecular weight excluding hydrogens is 390 g/mol. The summed E-state index contributed by atoms with van der Waals surface area (Å²) in [5.74, 6) is 0.679. The van der Waals surface area contributed by atoms with Crippen LogP contribution in [0.15, 0.2) is 34.2 Å². The second kappa shape index (κ2) is 8.59. The third-order valence-corrected chi connectivity index (χ3v) is 8.15. The van der Waals surface area contributed by atoms with E-state index in [1.54, 1.807) is 23.5 Å². The lowest BCUT2D eigenvalue weighted by atomic mass is 9.96. The molecule has 3 aliphatic heterocycles. The SMILES string of the molecule is CN=C(NCc1ccccc1S(=O)(=O)N1CCN(C)CC1)NC1CC2CCC1O2. The van der Waals surface area contributed by atoms with Gasteiger partial charge in [-0.15, -0.1) is 0 Å². The molecule has 0 spiro atoms. The molecule has 2 N–H and O–H groups in total. The molecule has 1 aromatic carbocycles. The maximum absolute atomic E-state index is 13.2. The van der Waals surface area contributed by atoms with Gasteiger partial charge >= 0.3 is 0 Å². The summed E-state index contributed by atoms with van der Waals surface area (Å²) in [6.45, 7) is 2.94. The number of ether oxygens (including phenoxy) is 1. The molecule has 3 saturated heterocycles. The Hall–Kier alpha value is -1.68. The van der Waals surface area contributed by atoms with Crippen molar-refractivity contribution in [1.29, 1.82) is 0 Å². The topological polar surface area (TPSA) is 86.3 Å². The molecule has 1 aromatic rings. The van der Waals surface area contributed by atoms with Gasteiger partial charge in [-0.05, 0) is 37.9 Å². The second-order valence-corrected chi connectivity index (χ2v) is 10.0. The number of sulfonamides is 1. The van der Waals surface area contributed by atoms with Crippen LogP contribution >= 0.6 is 0 Å². The van der Waals surface area contributed by atoms with E-state index in [-0.39, 0.29) is 12.1 Å². The van der Waals surface area contributed by atoms with E-state index in [4.69, 9.17) is 4.74 Å². The summed E-state index contributed by atoms with van der Waals surface area (Å²) in [7, 11) is 0.234. The molecule has 2 bridgehead atoms. The van der Waals surface area contributed by atoms with E-state index in [0.717, 1.165) is 37.9 Å². The van der Waals surface area contributed by atoms with E-state index in [1.807, 2.05) is 19.2 Å². The minimum atomic E-state index is -3.51. The van der Waals surface area contributed by atoms with Crippen molar-refractivity contribution < 1.29 is 13.2 Å². The van der Waals surface area contributed by atoms with Gasteiger partial charge in [-0.25, -0.2) is 8.42 Å². The molecule has 9 heteroatoms. The molecule has 4 rings (SSSR count). The number of piperazine rings is 1. The van der Waals surface area contributed by atoms with Crippen molar-refractivity contribution in [1.82, 2.24) is 19.8 Å². The fourth-order valence-corrected chi connectivity index (χ4v) is 6.05. The summed E-state index contributed by atoms with van der Waals surface area (Å²) in [6, 6.07) is 7.49. The van der Waals surface area contributed by atoms with Crippen molar-refractivity contribution in [3.05, 3.63) is 29.8 Å². The standard InChI is InChI=1S/C20H31N5O3S/c1-21-20(23-17-13-16-7-8-18(17)28-16)22-14-15-5-3-4-6-19(15)29(26,27)25-11-9-24(2)10-12-25/h3-6,16-18H,7-14H2,1-2H3,(H2,21,22,23). The number of hydrogen-bond donors (Lipinski definition) is 2. The fourth-order valence-electron chi connectivity index (χ4n) is 4.41. The van der Waals surface area contributed by atoms with E-state index >= 15 is 0 Å². The number of nitrogens with one attached hydrogen (secondary N) is 2. The summed E-state index contributed by atoms with van der Waals surface area (Å²) in [6.07, 6.45) is 3.85. The van der Waals surface area contributed by atoms with Crippen LogP contribution in [0.3, 0.4) is 0 Å². The van der Waals surface area contributed by atoms with Crippen molar-refractivity contribution in [2.75, 3.05) is 40.3 Å². The highest BCUT2D eigenvalue weighted by molar-refractivity contribution is 7.89. The highest BCUT2D eigenvalue weighted by Crippen LogP contribution is 2.34. The lowest BCUT2D eigenvalue weighted by Gasteiger charge is -2.32. The van der Waals surface area contributed by atoms with E-state index < -0.39 is 10.0 Å². The normalized spacial score (nSPS) is 28.6. The van der Waals surface area contributed by atoms with Gasteiger partial charge in [0.15, 0.2) is 5.96 Å². The summed E-state index contributed by atoms with van der Waals surface area (Å²) < 4.78 is 33.9. The zero-order chi connectivity index (χ0) is 20.4. The summed E-state index contributed by atoms with van der Waals surface area (Å²) in [5, 5.41) is 6.73. The lowest BCUT2D eigenvalue weighted by Crippen LogP contribution is -2.48. The summed E-state index contributed by atoms with van der Waals surface area (Å²) in [5.41, 5.74) is 0.749. The number of fused-ring (bicyclic) bond motifs is 2. The Bertz CT molecular complexity index is 851. The van der Waals surface area contributed by atoms with Crippen molar-refractivity contribution >= 4 is 16.0 Å². The average Bonchev–Trinajstić information content (AvgIpc) is 3.35. The van der Waals surface area contributed by atoms with Gasteiger partial charge in [-0.3, -0.25) is 4.99 Å². The number of guanidine groups is 1. The van der Waals surface area contributed by atoms with Gasteiger partial charge in [-0.2, -0.15) is 4.31 Å². The first kappa shape index (κ1) is 20.6. The largest absolute Gasteiger partial charge is 0.373 e. The van der Waals surface area contributed by atoms with Gasteiger partial charge in [0.25, 0.3) is 0 Å². The van der Waals surface area contributed by atoms with Crippen LogP contribution in [0.2, 0.25) is 0 Å². The molecule has 3 fully saturated rings. The molecule has 0 aliphatic carbocycles. The van der Waals surface area contributed by atoms with Gasteiger partial charge in [0.1, 0.15) is 0 Å². The zero-order valence-electron chi connectivity index (χ0n) is 17.2. The number of benzene rings is 1. The first-order valence-electron chi connectivity index (χ1n) is 10.4. The number of nitrogens with zero attached hydrogens (tertiary/aromatic N) is 3. The molecule has 29 heavy (non-hydrogen) atoms. The molecule has 0 radical (unpaired) electrons. The fraction of sp³-hybridized carbons (Fsp3) is 0.650. The first-order chi connectivity index (χ1) is 14.0. The minimum Gasteiger partial charge on any atom is -0.373 e. The van der Waals surface area contributed by atoms with Gasteiger partial charge in [-0.1, -0.05) is 18.2 Å². The second-order valence-electron chi connectivity index (χ2n) is 8.10. The highest BCUT2D eigenvalue weighted by atomic mass is 32.2. The number of rotatable bonds is 5. The number of likely N-dealkylation sites (N-methyl/N-ethyl adjacent to an activating group) is 1. The van der Waals surface area contributed by atoms with E-state index in [0.29, 0.717) is 36.6 Å². The summed E-state index contributed by atoms with van der Waals surface area (Å²) in [4.78, 5) is 6.83. The van der Waals surface area contributed by atoms with Crippen molar-refractivity contribution in [2.24, 2.45) is 4.99 Å². The third kappa shape index (κ3) is 4.42. The van der Waals surface area contributed by atoms with Crippen LogP contribution < -0.4 is 10.6 Å². The summed E-state index contributed by atoms with van der Waals surface area (Å²) >= 11 is 0. The molecule has 160 valence electrons. The monoisotopic (exact) mass is 421 g/mol. The van der Waals surface area contributed by atoms with Crippen LogP contribution in [0.4, 0.5) is 0 Å². The molecule has 3 unspecified atom stereocenters. The highest BCUT2D eigenvalue weighted by Gasteiger charge is 2.41. The van der Waals surface area contributed by atoms with Crippen molar-refractivity contribution in [3.63, 3.8) is 0 Å². The van der Waals surface area contributed by atoms with Gasteiger partial charge < -0.3 is 20.3 Å². The van der Waals surface area contributed by atoms with Crippen LogP contribution in [0.1, 0.15) is 24.8 Å². The number of hydrogen-bond acceptors (Lipinski definition) is 5. The molecule has 3 atom stereocenters. The smallest absolute Gasteiger partial charge is 0.243 e. The van der Waals surface area contributed by atoms with E-state index in [9.17, 15) is 8.42 Å². The van der Waals surface area contributed by atoms with Crippen LogP contribution in [0, 0.1) is 0 Å². The Labute approximate surface area is 173 Å². The van der Waals surface area contributed by atoms with Gasteiger partial charge in [0, 0.05) is 39.8 Å². The maximum Gasteiger partial charge on any atom is 0.243 e. The number of aliphatic imine (C=N–C) groups is 1. The lowest BCUT2D eigenvalue weighted by molar-refractivity contribution is 0.0992. The third-order valence-electron chi connectivity index (χ3n) is 6.15. The quantitative estimate of drug-likeness (QED) is 0.535. The Balaban J connectivity index is 1.42. The molecular formula is C20H31N5O3S. The molecule has 3 aliphatic rings. The molecule has 0 amide bonds. The average molecular weight is 422 g/mol. The predicted molar refractivity (Wildman–Crippen MR) is 112 cm³/mol. The predicted octanol–water partition coefficient (Wildman–Crippen LogP) is 0.608. The van der Waals surface area contributed by atoms with Crippen molar-refractivity contribution in [3.8, 4) is 0 Å². The molecule has 0 saturated carbocycles. The zero-order valence-corrected chi connectivity index (χ0v) is 18.0. The van der Waals surface area contributed by atoms with E-state index in [2.05, 4.69) is 20.5 Å². The van der Waals surface area contributed by atoms with Crippen molar-refractivity contribution in [2.45, 2.75) is 49.0 Å². The Kier molecular flexibility index (Phi) is 6.10. The van der Waals surface area contributed by atoms with Gasteiger partial charge in [0.05, 0.1) is 23.1 Å². The molecule has 3 heterocycles. The van der Waals surface area contributed by atoms with Crippen LogP contribution in [-0.4, -0.2) is 82.1 Å². The minimum absolute atomic E-state index is 0.253. The Morgan fingerprint density at radius 1 is 1.21 bits per heavy atom. The van der Waals surface area contributed by atoms with Crippen LogP contribution in [0.5, 0.6) is 0 Å². The maximum atomic E-state index is 13.2. The first-order valence-corrected chi connectivity index (χ1v) is 11.8. The van der Waals surface area contributed by atoms with Crippen LogP contribution in [0.25, 0.3) is 0 Å². The Morgan fingerprint density at radius 2 is 1.97 bits per heavy atom.